The number of hydrogen-bond donors (Lipinski definition) is 0. The zero-order valence-electron chi connectivity index (χ0n) is 26.1. The predicted octanol–water partition coefficient (Wildman–Crippen LogP) is 12.7. The average Bonchev–Trinajstić information content (AvgIpc) is 2.92. The standard InChI is InChI=1S/C35H68O3/c1-3-5-7-9-11-13-15-17-18-19-20-21-22-24-26-28-30-32-34-38-35(36)37-33-31-29-27-25-23-16-14-12-10-8-6-4-2/h10,12H,3-9,11,13-34H2,1-2H3/b12-10-. The van der Waals surface area contributed by atoms with Crippen molar-refractivity contribution in [1.82, 2.24) is 0 Å². The number of carbonyl (C=O) groups is 1. The molecule has 0 aliphatic carbocycles. The highest BCUT2D eigenvalue weighted by Gasteiger charge is 2.03. The molecule has 3 heteroatoms. The minimum absolute atomic E-state index is 0.480. The Balaban J connectivity index is 3.16. The maximum Gasteiger partial charge on any atom is 0.508 e. The van der Waals surface area contributed by atoms with Gasteiger partial charge < -0.3 is 9.47 Å². The highest BCUT2D eigenvalue weighted by molar-refractivity contribution is 5.59. The van der Waals surface area contributed by atoms with E-state index in [-0.39, 0.29) is 0 Å². The smallest absolute Gasteiger partial charge is 0.434 e. The van der Waals surface area contributed by atoms with Crippen LogP contribution in [0.5, 0.6) is 0 Å². The van der Waals surface area contributed by atoms with Gasteiger partial charge in [-0.15, -0.1) is 0 Å². The molecule has 0 bridgehead atoms. The summed E-state index contributed by atoms with van der Waals surface area (Å²) in [5.74, 6) is 0. The van der Waals surface area contributed by atoms with Crippen LogP contribution in [0.15, 0.2) is 12.2 Å². The van der Waals surface area contributed by atoms with Crippen molar-refractivity contribution < 1.29 is 14.3 Å². The molecule has 0 amide bonds. The second-order valence-corrected chi connectivity index (χ2v) is 11.5. The summed E-state index contributed by atoms with van der Waals surface area (Å²) in [6.45, 7) is 5.53. The largest absolute Gasteiger partial charge is 0.508 e. The molecule has 0 N–H and O–H groups in total. The van der Waals surface area contributed by atoms with Crippen molar-refractivity contribution in [1.29, 1.82) is 0 Å². The predicted molar refractivity (Wildman–Crippen MR) is 167 cm³/mol. The number of ether oxygens (including phenoxy) is 2. The molecular formula is C35H68O3. The van der Waals surface area contributed by atoms with Crippen molar-refractivity contribution in [3.8, 4) is 0 Å². The molecule has 0 aromatic rings. The Bertz CT molecular complexity index is 474. The van der Waals surface area contributed by atoms with Crippen molar-refractivity contribution in [2.75, 3.05) is 13.2 Å². The zero-order valence-corrected chi connectivity index (χ0v) is 26.1. The van der Waals surface area contributed by atoms with Crippen LogP contribution in [0.4, 0.5) is 4.79 Å². The summed E-state index contributed by atoms with van der Waals surface area (Å²) < 4.78 is 10.4. The molecule has 3 nitrogen and oxygen atoms in total. The lowest BCUT2D eigenvalue weighted by molar-refractivity contribution is 0.0529. The van der Waals surface area contributed by atoms with E-state index in [1.807, 2.05) is 0 Å². The fraction of sp³-hybridized carbons (Fsp3) is 0.914. The molecule has 0 spiro atoms. The van der Waals surface area contributed by atoms with Gasteiger partial charge in [-0.2, -0.15) is 0 Å². The first-order valence-electron chi connectivity index (χ1n) is 17.3. The second kappa shape index (κ2) is 34.0. The van der Waals surface area contributed by atoms with Crippen LogP contribution in [0.25, 0.3) is 0 Å². The summed E-state index contributed by atoms with van der Waals surface area (Å²) in [6.07, 6.45) is 41.0. The average molecular weight is 537 g/mol. The Morgan fingerprint density at radius 3 is 1.05 bits per heavy atom. The van der Waals surface area contributed by atoms with Gasteiger partial charge in [-0.05, 0) is 32.1 Å². The van der Waals surface area contributed by atoms with E-state index in [1.54, 1.807) is 0 Å². The Morgan fingerprint density at radius 1 is 0.395 bits per heavy atom. The first-order chi connectivity index (χ1) is 18.8. The van der Waals surface area contributed by atoms with Gasteiger partial charge in [0.1, 0.15) is 0 Å². The van der Waals surface area contributed by atoms with Gasteiger partial charge in [0, 0.05) is 0 Å². The first kappa shape index (κ1) is 37.0. The quantitative estimate of drug-likeness (QED) is 0.0502. The number of carbonyl (C=O) groups excluding carboxylic acids is 1. The van der Waals surface area contributed by atoms with Crippen molar-refractivity contribution in [2.45, 2.75) is 194 Å². The van der Waals surface area contributed by atoms with Crippen LogP contribution in [0.2, 0.25) is 0 Å². The Hall–Kier alpha value is -0.990. The summed E-state index contributed by atoms with van der Waals surface area (Å²) in [4.78, 5) is 11.7. The molecule has 0 aliphatic heterocycles. The lowest BCUT2D eigenvalue weighted by Crippen LogP contribution is -2.09. The van der Waals surface area contributed by atoms with Crippen molar-refractivity contribution >= 4 is 6.16 Å². The molecule has 0 aromatic carbocycles. The van der Waals surface area contributed by atoms with Gasteiger partial charge in [-0.25, -0.2) is 4.79 Å². The van der Waals surface area contributed by atoms with Crippen LogP contribution in [0.3, 0.4) is 0 Å². The number of rotatable bonds is 31. The van der Waals surface area contributed by atoms with E-state index in [0.717, 1.165) is 25.7 Å². The number of unbranched alkanes of at least 4 members (excludes halogenated alkanes) is 25. The lowest BCUT2D eigenvalue weighted by atomic mass is 10.0. The molecule has 0 heterocycles. The van der Waals surface area contributed by atoms with E-state index in [0.29, 0.717) is 13.2 Å². The summed E-state index contributed by atoms with van der Waals surface area (Å²) in [7, 11) is 0. The normalized spacial score (nSPS) is 11.4. The summed E-state index contributed by atoms with van der Waals surface area (Å²) in [5, 5.41) is 0. The molecule has 0 saturated heterocycles. The fourth-order valence-electron chi connectivity index (χ4n) is 4.99. The molecule has 0 radical (unpaired) electrons. The molecule has 38 heavy (non-hydrogen) atoms. The summed E-state index contributed by atoms with van der Waals surface area (Å²) >= 11 is 0. The summed E-state index contributed by atoms with van der Waals surface area (Å²) in [6, 6.07) is 0. The molecule has 0 fully saturated rings. The van der Waals surface area contributed by atoms with E-state index in [9.17, 15) is 4.79 Å². The second-order valence-electron chi connectivity index (χ2n) is 11.5. The highest BCUT2D eigenvalue weighted by Crippen LogP contribution is 2.14. The first-order valence-corrected chi connectivity index (χ1v) is 17.3. The molecule has 0 unspecified atom stereocenters. The van der Waals surface area contributed by atoms with Crippen molar-refractivity contribution in [2.24, 2.45) is 0 Å². The molecule has 0 aromatic heterocycles. The molecule has 0 rings (SSSR count). The summed E-state index contributed by atoms with van der Waals surface area (Å²) in [5.41, 5.74) is 0. The van der Waals surface area contributed by atoms with Gasteiger partial charge in [0.2, 0.25) is 0 Å². The van der Waals surface area contributed by atoms with Crippen molar-refractivity contribution in [3.05, 3.63) is 12.2 Å². The molecule has 226 valence electrons. The molecule has 0 atom stereocenters. The maximum absolute atomic E-state index is 11.7. The zero-order chi connectivity index (χ0) is 27.6. The third kappa shape index (κ3) is 33.0. The van der Waals surface area contributed by atoms with Crippen LogP contribution < -0.4 is 0 Å². The Labute approximate surface area is 239 Å². The lowest BCUT2D eigenvalue weighted by Gasteiger charge is -2.06. The fourth-order valence-corrected chi connectivity index (χ4v) is 4.99. The van der Waals surface area contributed by atoms with Crippen LogP contribution in [0, 0.1) is 0 Å². The van der Waals surface area contributed by atoms with Gasteiger partial charge in [0.15, 0.2) is 0 Å². The van der Waals surface area contributed by atoms with Gasteiger partial charge in [-0.1, -0.05) is 174 Å². The van der Waals surface area contributed by atoms with Crippen LogP contribution in [-0.4, -0.2) is 19.4 Å². The van der Waals surface area contributed by atoms with Gasteiger partial charge in [0.05, 0.1) is 13.2 Å². The van der Waals surface area contributed by atoms with E-state index >= 15 is 0 Å². The number of hydrogen-bond acceptors (Lipinski definition) is 3. The molecular weight excluding hydrogens is 468 g/mol. The van der Waals surface area contributed by atoms with E-state index in [2.05, 4.69) is 26.0 Å². The van der Waals surface area contributed by atoms with Crippen LogP contribution in [0.1, 0.15) is 194 Å². The molecule has 0 aliphatic rings. The van der Waals surface area contributed by atoms with Gasteiger partial charge >= 0.3 is 6.16 Å². The monoisotopic (exact) mass is 537 g/mol. The maximum atomic E-state index is 11.7. The van der Waals surface area contributed by atoms with E-state index in [4.69, 9.17) is 9.47 Å². The van der Waals surface area contributed by atoms with Gasteiger partial charge in [0.25, 0.3) is 0 Å². The minimum atomic E-state index is -0.480. The third-order valence-corrected chi connectivity index (χ3v) is 7.59. The minimum Gasteiger partial charge on any atom is -0.434 e. The topological polar surface area (TPSA) is 35.5 Å². The number of allylic oxidation sites excluding steroid dienone is 2. The highest BCUT2D eigenvalue weighted by atomic mass is 16.7. The van der Waals surface area contributed by atoms with E-state index < -0.39 is 6.16 Å². The van der Waals surface area contributed by atoms with Gasteiger partial charge in [-0.3, -0.25) is 0 Å². The third-order valence-electron chi connectivity index (χ3n) is 7.59. The molecule has 0 saturated carbocycles. The van der Waals surface area contributed by atoms with Crippen LogP contribution in [-0.2, 0) is 9.47 Å². The van der Waals surface area contributed by atoms with E-state index in [1.165, 1.54) is 154 Å². The SMILES string of the molecule is CCCC/C=C\CCCCCCCCOC(=O)OCCCCCCCCCCCCCCCCCCCC. The van der Waals surface area contributed by atoms with Crippen LogP contribution >= 0.6 is 0 Å². The van der Waals surface area contributed by atoms with Crippen molar-refractivity contribution in [3.63, 3.8) is 0 Å². The Kier molecular flexibility index (Phi) is 33.2. The Morgan fingerprint density at radius 2 is 0.684 bits per heavy atom.